The molecule has 23 heavy (non-hydrogen) atoms. The number of likely N-dealkylation sites (tertiary alicyclic amines) is 1. The largest absolute Gasteiger partial charge is 0.364 e. The number of primary amides is 1. The van der Waals surface area contributed by atoms with Crippen LogP contribution < -0.4 is 5.73 Å². The number of aromatic nitrogens is 2. The summed E-state index contributed by atoms with van der Waals surface area (Å²) in [6, 6.07) is 5.74. The van der Waals surface area contributed by atoms with E-state index in [-0.39, 0.29) is 17.0 Å². The van der Waals surface area contributed by atoms with E-state index in [2.05, 4.69) is 39.6 Å². The van der Waals surface area contributed by atoms with Gasteiger partial charge in [0.1, 0.15) is 11.3 Å². The number of imidazole rings is 1. The highest BCUT2D eigenvalue weighted by molar-refractivity contribution is 5.93. The Morgan fingerprint density at radius 1 is 1.22 bits per heavy atom. The molecule has 0 unspecified atom stereocenters. The number of hydrogen-bond acceptors (Lipinski definition) is 3. The van der Waals surface area contributed by atoms with Crippen LogP contribution in [0.5, 0.6) is 0 Å². The van der Waals surface area contributed by atoms with Crippen LogP contribution in [0, 0.1) is 0 Å². The van der Waals surface area contributed by atoms with Crippen molar-refractivity contribution in [3.8, 4) is 0 Å². The number of carbonyl (C=O) groups is 1. The normalized spacial score (nSPS) is 21.6. The Morgan fingerprint density at radius 2 is 1.83 bits per heavy atom. The predicted octanol–water partition coefficient (Wildman–Crippen LogP) is 2.80. The van der Waals surface area contributed by atoms with Crippen molar-refractivity contribution in [2.45, 2.75) is 57.5 Å². The van der Waals surface area contributed by atoms with Crippen molar-refractivity contribution in [2.75, 3.05) is 7.05 Å². The molecule has 3 heterocycles. The first-order valence-electron chi connectivity index (χ1n) is 8.14. The third-order valence-corrected chi connectivity index (χ3v) is 5.48. The van der Waals surface area contributed by atoms with Crippen molar-refractivity contribution >= 4 is 11.6 Å². The van der Waals surface area contributed by atoms with Gasteiger partial charge >= 0.3 is 0 Å². The number of hydrogen-bond donors (Lipinski definition) is 1. The molecule has 0 saturated carbocycles. The molecule has 0 aliphatic carbocycles. The maximum absolute atomic E-state index is 12.1. The number of rotatable bonds is 2. The summed E-state index contributed by atoms with van der Waals surface area (Å²) in [6.07, 6.45) is 3.77. The lowest BCUT2D eigenvalue weighted by atomic mass is 9.72. The average Bonchev–Trinajstić information content (AvgIpc) is 2.83. The quantitative estimate of drug-likeness (QED) is 0.927. The van der Waals surface area contributed by atoms with Gasteiger partial charge in [-0.15, -0.1) is 0 Å². The summed E-state index contributed by atoms with van der Waals surface area (Å²) < 4.78 is 1.82. The number of piperidine rings is 1. The van der Waals surface area contributed by atoms with Crippen LogP contribution >= 0.6 is 0 Å². The monoisotopic (exact) mass is 314 g/mol. The van der Waals surface area contributed by atoms with Gasteiger partial charge in [-0.2, -0.15) is 0 Å². The molecule has 2 N–H and O–H groups in total. The average molecular weight is 314 g/mol. The highest BCUT2D eigenvalue weighted by Crippen LogP contribution is 2.45. The Bertz CT molecular complexity index is 741. The van der Waals surface area contributed by atoms with E-state index in [0.717, 1.165) is 24.2 Å². The summed E-state index contributed by atoms with van der Waals surface area (Å²) in [5, 5.41) is 0. The Kier molecular flexibility index (Phi) is 3.52. The SMILES string of the molecule is CN1C(C)(C)CC(c2nc3ccccn3c2C(N)=O)CC1(C)C. The van der Waals surface area contributed by atoms with Gasteiger partial charge in [0.15, 0.2) is 0 Å². The molecule has 1 amide bonds. The van der Waals surface area contributed by atoms with Crippen molar-refractivity contribution in [2.24, 2.45) is 5.73 Å². The predicted molar refractivity (Wildman–Crippen MR) is 91.6 cm³/mol. The third-order valence-electron chi connectivity index (χ3n) is 5.48. The number of nitrogens with two attached hydrogens (primary N) is 1. The minimum absolute atomic E-state index is 0.0388. The minimum Gasteiger partial charge on any atom is -0.364 e. The molecule has 0 radical (unpaired) electrons. The van der Waals surface area contributed by atoms with Crippen LogP contribution in [-0.4, -0.2) is 38.3 Å². The first-order valence-corrected chi connectivity index (χ1v) is 8.14. The maximum Gasteiger partial charge on any atom is 0.267 e. The summed E-state index contributed by atoms with van der Waals surface area (Å²) in [6.45, 7) is 9.00. The van der Waals surface area contributed by atoms with E-state index in [1.165, 1.54) is 0 Å². The van der Waals surface area contributed by atoms with Crippen LogP contribution in [0.15, 0.2) is 24.4 Å². The topological polar surface area (TPSA) is 63.6 Å². The van der Waals surface area contributed by atoms with Gasteiger partial charge in [-0.05, 0) is 59.7 Å². The van der Waals surface area contributed by atoms with Crippen molar-refractivity contribution in [1.29, 1.82) is 0 Å². The summed E-state index contributed by atoms with van der Waals surface area (Å²) in [5.41, 5.74) is 7.92. The van der Waals surface area contributed by atoms with Crippen molar-refractivity contribution in [3.63, 3.8) is 0 Å². The maximum atomic E-state index is 12.1. The van der Waals surface area contributed by atoms with Crippen LogP contribution in [0.4, 0.5) is 0 Å². The van der Waals surface area contributed by atoms with Crippen LogP contribution in [0.3, 0.4) is 0 Å². The zero-order valence-corrected chi connectivity index (χ0v) is 14.6. The lowest BCUT2D eigenvalue weighted by Crippen LogP contribution is -2.58. The van der Waals surface area contributed by atoms with E-state index in [0.29, 0.717) is 5.69 Å². The zero-order chi connectivity index (χ0) is 17.0. The lowest BCUT2D eigenvalue weighted by Gasteiger charge is -2.53. The Balaban J connectivity index is 2.13. The molecule has 0 atom stereocenters. The standard InChI is InChI=1S/C18H26N4O/c1-17(2)10-12(11-18(3,4)21(17)5)14-15(16(19)23)22-9-7-6-8-13(22)20-14/h6-9,12H,10-11H2,1-5H3,(H2,19,23). The third kappa shape index (κ3) is 2.53. The minimum atomic E-state index is -0.409. The van der Waals surface area contributed by atoms with Gasteiger partial charge in [0.2, 0.25) is 0 Å². The van der Waals surface area contributed by atoms with E-state index in [1.807, 2.05) is 28.8 Å². The van der Waals surface area contributed by atoms with E-state index in [1.54, 1.807) is 0 Å². The van der Waals surface area contributed by atoms with Crippen molar-refractivity contribution in [3.05, 3.63) is 35.8 Å². The number of carbonyl (C=O) groups excluding carboxylic acids is 1. The lowest BCUT2D eigenvalue weighted by molar-refractivity contribution is -0.0135. The second kappa shape index (κ2) is 5.06. The van der Waals surface area contributed by atoms with Crippen LogP contribution in [0.25, 0.3) is 5.65 Å². The molecule has 3 rings (SSSR count). The van der Waals surface area contributed by atoms with Gasteiger partial charge in [-0.1, -0.05) is 6.07 Å². The molecule has 124 valence electrons. The summed E-state index contributed by atoms with van der Waals surface area (Å²) in [4.78, 5) is 19.3. The molecule has 0 spiro atoms. The molecular formula is C18H26N4O. The second-order valence-corrected chi connectivity index (χ2v) is 7.93. The van der Waals surface area contributed by atoms with Gasteiger partial charge in [0, 0.05) is 23.2 Å². The first-order chi connectivity index (χ1) is 10.6. The molecule has 1 saturated heterocycles. The Morgan fingerprint density at radius 3 is 2.39 bits per heavy atom. The number of pyridine rings is 1. The fourth-order valence-electron chi connectivity index (χ4n) is 4.11. The molecule has 1 aliphatic heterocycles. The van der Waals surface area contributed by atoms with Crippen LogP contribution in [0.2, 0.25) is 0 Å². The molecule has 0 bridgehead atoms. The van der Waals surface area contributed by atoms with Crippen molar-refractivity contribution in [1.82, 2.24) is 14.3 Å². The van der Waals surface area contributed by atoms with Gasteiger partial charge in [0.25, 0.3) is 5.91 Å². The summed E-state index contributed by atoms with van der Waals surface area (Å²) in [5.74, 6) is -0.188. The van der Waals surface area contributed by atoms with E-state index < -0.39 is 5.91 Å². The molecule has 2 aromatic heterocycles. The first kappa shape index (κ1) is 16.0. The van der Waals surface area contributed by atoms with Gasteiger partial charge in [-0.3, -0.25) is 14.1 Å². The molecule has 1 aliphatic rings. The number of fused-ring (bicyclic) bond motifs is 1. The van der Waals surface area contributed by atoms with E-state index in [4.69, 9.17) is 10.7 Å². The summed E-state index contributed by atoms with van der Waals surface area (Å²) in [7, 11) is 2.18. The molecular weight excluding hydrogens is 288 g/mol. The van der Waals surface area contributed by atoms with Gasteiger partial charge < -0.3 is 5.73 Å². The second-order valence-electron chi connectivity index (χ2n) is 7.93. The fourth-order valence-corrected chi connectivity index (χ4v) is 4.11. The van der Waals surface area contributed by atoms with Crippen molar-refractivity contribution < 1.29 is 4.79 Å². The number of amides is 1. The highest BCUT2D eigenvalue weighted by atomic mass is 16.1. The molecule has 5 heteroatoms. The Hall–Kier alpha value is -1.88. The Labute approximate surface area is 137 Å². The summed E-state index contributed by atoms with van der Waals surface area (Å²) >= 11 is 0. The van der Waals surface area contributed by atoms with E-state index in [9.17, 15) is 4.79 Å². The molecule has 2 aromatic rings. The molecule has 1 fully saturated rings. The fraction of sp³-hybridized carbons (Fsp3) is 0.556. The smallest absolute Gasteiger partial charge is 0.267 e. The van der Waals surface area contributed by atoms with E-state index >= 15 is 0 Å². The van der Waals surface area contributed by atoms with Crippen LogP contribution in [-0.2, 0) is 0 Å². The molecule has 5 nitrogen and oxygen atoms in total. The molecule has 0 aromatic carbocycles. The van der Waals surface area contributed by atoms with Gasteiger partial charge in [-0.25, -0.2) is 4.98 Å². The van der Waals surface area contributed by atoms with Crippen LogP contribution in [0.1, 0.15) is 62.6 Å². The van der Waals surface area contributed by atoms with Gasteiger partial charge in [0.05, 0.1) is 5.69 Å². The zero-order valence-electron chi connectivity index (χ0n) is 14.6. The highest BCUT2D eigenvalue weighted by Gasteiger charge is 2.45. The number of nitrogens with zero attached hydrogens (tertiary/aromatic N) is 3.